The van der Waals surface area contributed by atoms with Crippen molar-refractivity contribution in [3.05, 3.63) is 0 Å². The van der Waals surface area contributed by atoms with Gasteiger partial charge in [0.25, 0.3) is 0 Å². The molecule has 1 aliphatic rings. The molecular formula is C5H10O3S. The lowest BCUT2D eigenvalue weighted by Gasteiger charge is -2.11. The third kappa shape index (κ3) is 1.82. The highest BCUT2D eigenvalue weighted by Gasteiger charge is 2.27. The van der Waals surface area contributed by atoms with Crippen molar-refractivity contribution in [1.29, 1.82) is 0 Å². The Labute approximate surface area is 58.0 Å². The first-order valence-electron chi connectivity index (χ1n) is 2.83. The first-order chi connectivity index (χ1) is 4.20. The number of aliphatic hydroxyl groups is 2. The van der Waals surface area contributed by atoms with Gasteiger partial charge in [-0.1, -0.05) is 0 Å². The van der Waals surface area contributed by atoms with Crippen LogP contribution in [-0.4, -0.2) is 33.8 Å². The molecule has 1 saturated heterocycles. The Morgan fingerprint density at radius 2 is 2.44 bits per heavy atom. The van der Waals surface area contributed by atoms with Gasteiger partial charge in [-0.3, -0.25) is 0 Å². The maximum absolute atomic E-state index is 8.91. The van der Waals surface area contributed by atoms with E-state index in [-0.39, 0.29) is 5.44 Å². The Morgan fingerprint density at radius 3 is 2.67 bits per heavy atom. The van der Waals surface area contributed by atoms with E-state index < -0.39 is 12.4 Å². The van der Waals surface area contributed by atoms with Gasteiger partial charge in [0.05, 0.1) is 6.10 Å². The molecule has 0 aromatic carbocycles. The van der Waals surface area contributed by atoms with Crippen LogP contribution in [-0.2, 0) is 4.74 Å². The molecule has 1 rings (SSSR count). The summed E-state index contributed by atoms with van der Waals surface area (Å²) in [4.78, 5) is 0. The molecule has 4 heteroatoms. The van der Waals surface area contributed by atoms with Gasteiger partial charge in [0.15, 0.2) is 6.29 Å². The Bertz CT molecular complexity index is 96.2. The molecule has 0 spiro atoms. The fraction of sp³-hybridized carbons (Fsp3) is 1.00. The fourth-order valence-electron chi connectivity index (χ4n) is 0.664. The second-order valence-electron chi connectivity index (χ2n) is 2.03. The van der Waals surface area contributed by atoms with Gasteiger partial charge in [0, 0.05) is 5.75 Å². The van der Waals surface area contributed by atoms with Crippen LogP contribution in [0.15, 0.2) is 0 Å². The number of ether oxygens (including phenoxy) is 1. The third-order valence-electron chi connectivity index (χ3n) is 1.09. The lowest BCUT2D eigenvalue weighted by molar-refractivity contribution is -0.105. The fourth-order valence-corrected chi connectivity index (χ4v) is 1.58. The number of hydrogen-bond acceptors (Lipinski definition) is 4. The summed E-state index contributed by atoms with van der Waals surface area (Å²) in [6.07, 6.45) is -1.18. The zero-order chi connectivity index (χ0) is 6.85. The molecule has 0 aromatic rings. The number of rotatable bonds is 1. The maximum Gasteiger partial charge on any atom is 0.165 e. The largest absolute Gasteiger partial charge is 0.390 e. The second kappa shape index (κ2) is 2.88. The molecule has 3 nitrogen and oxygen atoms in total. The van der Waals surface area contributed by atoms with E-state index in [9.17, 15) is 0 Å². The van der Waals surface area contributed by atoms with E-state index >= 15 is 0 Å². The molecule has 9 heavy (non-hydrogen) atoms. The van der Waals surface area contributed by atoms with Gasteiger partial charge in [-0.05, 0) is 6.92 Å². The van der Waals surface area contributed by atoms with Gasteiger partial charge in [0.2, 0.25) is 0 Å². The van der Waals surface area contributed by atoms with Crippen molar-refractivity contribution in [2.75, 3.05) is 5.75 Å². The molecule has 3 atom stereocenters. The van der Waals surface area contributed by atoms with Crippen LogP contribution in [0.25, 0.3) is 0 Å². The van der Waals surface area contributed by atoms with Crippen molar-refractivity contribution in [3.8, 4) is 0 Å². The van der Waals surface area contributed by atoms with Crippen molar-refractivity contribution < 1.29 is 14.9 Å². The highest BCUT2D eigenvalue weighted by Crippen LogP contribution is 2.25. The van der Waals surface area contributed by atoms with Gasteiger partial charge in [-0.25, -0.2) is 0 Å². The molecule has 2 N–H and O–H groups in total. The summed E-state index contributed by atoms with van der Waals surface area (Å²) >= 11 is 1.44. The Hall–Kier alpha value is 0.230. The van der Waals surface area contributed by atoms with E-state index in [0.717, 1.165) is 0 Å². The summed E-state index contributed by atoms with van der Waals surface area (Å²) in [7, 11) is 0. The van der Waals surface area contributed by atoms with Crippen LogP contribution in [0.1, 0.15) is 6.92 Å². The van der Waals surface area contributed by atoms with Gasteiger partial charge in [-0.15, -0.1) is 11.8 Å². The molecule has 0 saturated carbocycles. The van der Waals surface area contributed by atoms with Crippen molar-refractivity contribution in [2.45, 2.75) is 24.8 Å². The summed E-state index contributed by atoms with van der Waals surface area (Å²) in [5.41, 5.74) is -0.236. The standard InChI is InChI=1S/C5H10O3S/c1-3(6)5-8-4(7)2-9-5/h3-7H,2H2,1H3. The van der Waals surface area contributed by atoms with Crippen LogP contribution in [0, 0.1) is 0 Å². The number of thioether (sulfide) groups is 1. The molecule has 0 bridgehead atoms. The molecule has 0 amide bonds. The Kier molecular flexibility index (Phi) is 2.35. The normalized spacial score (nSPS) is 39.0. The number of hydrogen-bond donors (Lipinski definition) is 2. The van der Waals surface area contributed by atoms with Crippen LogP contribution in [0.3, 0.4) is 0 Å². The third-order valence-corrected chi connectivity index (χ3v) is 2.40. The quantitative estimate of drug-likeness (QED) is 0.542. The number of aliphatic hydroxyl groups excluding tert-OH is 2. The van der Waals surface area contributed by atoms with E-state index in [1.54, 1.807) is 6.92 Å². The van der Waals surface area contributed by atoms with E-state index in [1.165, 1.54) is 11.8 Å². The van der Waals surface area contributed by atoms with Crippen LogP contribution in [0.5, 0.6) is 0 Å². The SMILES string of the molecule is CC(O)C1OC(O)CS1. The zero-order valence-electron chi connectivity index (χ0n) is 5.15. The van der Waals surface area contributed by atoms with Crippen LogP contribution < -0.4 is 0 Å². The highest BCUT2D eigenvalue weighted by molar-refractivity contribution is 8.00. The van der Waals surface area contributed by atoms with Crippen molar-refractivity contribution in [3.63, 3.8) is 0 Å². The van der Waals surface area contributed by atoms with Crippen molar-refractivity contribution >= 4 is 11.8 Å². The first kappa shape index (κ1) is 7.34. The predicted molar refractivity (Wildman–Crippen MR) is 35.0 cm³/mol. The van der Waals surface area contributed by atoms with Crippen LogP contribution >= 0.6 is 11.8 Å². The molecule has 1 aliphatic heterocycles. The minimum atomic E-state index is -0.686. The van der Waals surface area contributed by atoms with Crippen molar-refractivity contribution in [1.82, 2.24) is 0 Å². The summed E-state index contributed by atoms with van der Waals surface area (Å²) in [5.74, 6) is 0.565. The first-order valence-corrected chi connectivity index (χ1v) is 3.88. The van der Waals surface area contributed by atoms with Gasteiger partial charge in [0.1, 0.15) is 5.44 Å². The van der Waals surface area contributed by atoms with Gasteiger partial charge < -0.3 is 14.9 Å². The van der Waals surface area contributed by atoms with Crippen LogP contribution in [0.2, 0.25) is 0 Å². The minimum Gasteiger partial charge on any atom is -0.390 e. The molecule has 1 heterocycles. The Morgan fingerprint density at radius 1 is 1.78 bits per heavy atom. The van der Waals surface area contributed by atoms with Crippen molar-refractivity contribution in [2.24, 2.45) is 0 Å². The summed E-state index contributed by atoms with van der Waals surface area (Å²) in [5, 5.41) is 17.7. The monoisotopic (exact) mass is 150 g/mol. The minimum absolute atomic E-state index is 0.236. The molecule has 3 unspecified atom stereocenters. The van der Waals surface area contributed by atoms with E-state index in [4.69, 9.17) is 14.9 Å². The lowest BCUT2D eigenvalue weighted by Crippen LogP contribution is -2.21. The van der Waals surface area contributed by atoms with Crippen LogP contribution in [0.4, 0.5) is 0 Å². The zero-order valence-corrected chi connectivity index (χ0v) is 5.97. The van der Waals surface area contributed by atoms with E-state index in [2.05, 4.69) is 0 Å². The topological polar surface area (TPSA) is 49.7 Å². The summed E-state index contributed by atoms with van der Waals surface area (Å²) in [6, 6.07) is 0. The van der Waals surface area contributed by atoms with Gasteiger partial charge >= 0.3 is 0 Å². The summed E-state index contributed by atoms with van der Waals surface area (Å²) in [6.45, 7) is 1.65. The summed E-state index contributed by atoms with van der Waals surface area (Å²) < 4.78 is 4.89. The Balaban J connectivity index is 2.30. The molecule has 0 aromatic heterocycles. The van der Waals surface area contributed by atoms with Gasteiger partial charge in [-0.2, -0.15) is 0 Å². The molecule has 0 aliphatic carbocycles. The second-order valence-corrected chi connectivity index (χ2v) is 3.16. The molecule has 54 valence electrons. The molecular weight excluding hydrogens is 140 g/mol. The maximum atomic E-state index is 8.91. The lowest BCUT2D eigenvalue weighted by atomic mass is 10.4. The average molecular weight is 150 g/mol. The predicted octanol–water partition coefficient (Wildman–Crippen LogP) is -0.225. The molecule has 1 fully saturated rings. The smallest absolute Gasteiger partial charge is 0.165 e. The highest BCUT2D eigenvalue weighted by atomic mass is 32.2. The van der Waals surface area contributed by atoms with E-state index in [0.29, 0.717) is 5.75 Å². The molecule has 0 radical (unpaired) electrons. The average Bonchev–Trinajstić information content (AvgIpc) is 2.14. The van der Waals surface area contributed by atoms with E-state index in [1.807, 2.05) is 0 Å².